The summed E-state index contributed by atoms with van der Waals surface area (Å²) in [5.41, 5.74) is 2.28. The van der Waals surface area contributed by atoms with Gasteiger partial charge in [-0.3, -0.25) is 4.99 Å². The topological polar surface area (TPSA) is 64.1 Å². The van der Waals surface area contributed by atoms with Crippen LogP contribution in [0.3, 0.4) is 0 Å². The lowest BCUT2D eigenvalue weighted by Gasteiger charge is -2.15. The fraction of sp³-hybridized carbons (Fsp3) is 0.588. The van der Waals surface area contributed by atoms with Crippen LogP contribution < -0.4 is 20.1 Å². The van der Waals surface area contributed by atoms with E-state index in [0.29, 0.717) is 26.3 Å². The van der Waals surface area contributed by atoms with Gasteiger partial charge in [0.1, 0.15) is 17.6 Å². The Kier molecular flexibility index (Phi) is 9.20. The van der Waals surface area contributed by atoms with E-state index in [-0.39, 0.29) is 30.1 Å². The number of nitrogens with zero attached hydrogens (tertiary/aromatic N) is 1. The highest BCUT2D eigenvalue weighted by Gasteiger charge is 2.21. The van der Waals surface area contributed by atoms with Crippen molar-refractivity contribution in [1.29, 1.82) is 0 Å². The van der Waals surface area contributed by atoms with Crippen molar-refractivity contribution in [3.8, 4) is 11.5 Å². The standard InChI is InChI=1S/C17H27N3O3.HI/c1-5-22-15-9-13-8-12(2)23-16(13)10-14(15)11-20-17(18-3)19-6-7-21-4;/h9-10,12H,5-8,11H2,1-4H3,(H2,18,19,20);1H. The van der Waals surface area contributed by atoms with Crippen LogP contribution in [0, 0.1) is 0 Å². The molecule has 1 heterocycles. The van der Waals surface area contributed by atoms with Gasteiger partial charge in [0.15, 0.2) is 5.96 Å². The highest BCUT2D eigenvalue weighted by molar-refractivity contribution is 14.0. The zero-order valence-corrected chi connectivity index (χ0v) is 17.2. The molecule has 1 aliphatic heterocycles. The largest absolute Gasteiger partial charge is 0.494 e. The van der Waals surface area contributed by atoms with Crippen LogP contribution in [0.4, 0.5) is 0 Å². The lowest BCUT2D eigenvalue weighted by atomic mass is 10.1. The number of rotatable bonds is 7. The van der Waals surface area contributed by atoms with E-state index in [4.69, 9.17) is 14.2 Å². The Balaban J connectivity index is 0.00000288. The zero-order chi connectivity index (χ0) is 16.7. The molecule has 0 aliphatic carbocycles. The second kappa shape index (κ2) is 10.6. The molecule has 1 aromatic carbocycles. The summed E-state index contributed by atoms with van der Waals surface area (Å²) in [5.74, 6) is 2.60. The number of guanidine groups is 1. The van der Waals surface area contributed by atoms with Gasteiger partial charge in [-0.05, 0) is 26.0 Å². The average Bonchev–Trinajstić information content (AvgIpc) is 2.90. The van der Waals surface area contributed by atoms with Crippen LogP contribution in [0.5, 0.6) is 11.5 Å². The molecule has 0 spiro atoms. The first-order valence-corrected chi connectivity index (χ1v) is 8.06. The number of hydrogen-bond donors (Lipinski definition) is 2. The van der Waals surface area contributed by atoms with Gasteiger partial charge >= 0.3 is 0 Å². The van der Waals surface area contributed by atoms with Crippen molar-refractivity contribution in [2.75, 3.05) is 33.9 Å². The maximum absolute atomic E-state index is 5.85. The summed E-state index contributed by atoms with van der Waals surface area (Å²) in [7, 11) is 3.43. The van der Waals surface area contributed by atoms with Crippen LogP contribution >= 0.6 is 24.0 Å². The second-order valence-electron chi connectivity index (χ2n) is 5.48. The first-order valence-electron chi connectivity index (χ1n) is 8.06. The average molecular weight is 449 g/mol. The lowest BCUT2D eigenvalue weighted by Crippen LogP contribution is -2.38. The SMILES string of the molecule is CCOc1cc2c(cc1CNC(=NC)NCCOC)OC(C)C2.I. The number of fused-ring (bicyclic) bond motifs is 1. The van der Waals surface area contributed by atoms with E-state index in [9.17, 15) is 0 Å². The summed E-state index contributed by atoms with van der Waals surface area (Å²) in [6.07, 6.45) is 1.16. The predicted molar refractivity (Wildman–Crippen MR) is 107 cm³/mol. The molecule has 1 atom stereocenters. The third-order valence-electron chi connectivity index (χ3n) is 3.65. The van der Waals surface area contributed by atoms with E-state index in [1.165, 1.54) is 5.56 Å². The Morgan fingerprint density at radius 3 is 2.83 bits per heavy atom. The molecule has 6 nitrogen and oxygen atoms in total. The minimum absolute atomic E-state index is 0. The molecule has 0 radical (unpaired) electrons. The molecule has 0 aromatic heterocycles. The Labute approximate surface area is 161 Å². The third-order valence-corrected chi connectivity index (χ3v) is 3.65. The number of ether oxygens (including phenoxy) is 3. The van der Waals surface area contributed by atoms with Crippen LogP contribution in [0.15, 0.2) is 17.1 Å². The van der Waals surface area contributed by atoms with E-state index in [1.807, 2.05) is 6.92 Å². The molecule has 0 fully saturated rings. The summed E-state index contributed by atoms with van der Waals surface area (Å²) in [4.78, 5) is 4.20. The number of benzene rings is 1. The number of hydrogen-bond acceptors (Lipinski definition) is 4. The van der Waals surface area contributed by atoms with E-state index in [0.717, 1.165) is 29.4 Å². The monoisotopic (exact) mass is 449 g/mol. The van der Waals surface area contributed by atoms with Crippen LogP contribution in [0.2, 0.25) is 0 Å². The van der Waals surface area contributed by atoms with Crippen molar-refractivity contribution in [1.82, 2.24) is 10.6 Å². The summed E-state index contributed by atoms with van der Waals surface area (Å²) in [5, 5.41) is 6.49. The molecule has 1 aliphatic rings. The molecule has 0 amide bonds. The van der Waals surface area contributed by atoms with Crippen molar-refractivity contribution in [3.63, 3.8) is 0 Å². The van der Waals surface area contributed by atoms with Crippen LogP contribution in [-0.2, 0) is 17.7 Å². The maximum atomic E-state index is 5.85. The molecule has 0 saturated carbocycles. The molecule has 24 heavy (non-hydrogen) atoms. The van der Waals surface area contributed by atoms with E-state index >= 15 is 0 Å². The molecular weight excluding hydrogens is 421 g/mol. The van der Waals surface area contributed by atoms with Gasteiger partial charge in [0.25, 0.3) is 0 Å². The lowest BCUT2D eigenvalue weighted by molar-refractivity contribution is 0.203. The first kappa shape index (κ1) is 20.8. The van der Waals surface area contributed by atoms with Crippen LogP contribution in [-0.4, -0.2) is 46.0 Å². The quantitative estimate of drug-likeness (QED) is 0.290. The summed E-state index contributed by atoms with van der Waals surface area (Å²) in [6, 6.07) is 4.17. The van der Waals surface area contributed by atoms with Crippen LogP contribution in [0.25, 0.3) is 0 Å². The molecular formula is C17H28IN3O3. The number of methoxy groups -OCH3 is 1. The summed E-state index contributed by atoms with van der Waals surface area (Å²) in [6.45, 7) is 6.68. The van der Waals surface area contributed by atoms with Crippen molar-refractivity contribution in [2.45, 2.75) is 32.9 Å². The smallest absolute Gasteiger partial charge is 0.191 e. The minimum Gasteiger partial charge on any atom is -0.494 e. The number of halogens is 1. The van der Waals surface area contributed by atoms with E-state index in [1.54, 1.807) is 14.2 Å². The fourth-order valence-electron chi connectivity index (χ4n) is 2.58. The minimum atomic E-state index is 0. The van der Waals surface area contributed by atoms with Gasteiger partial charge in [0.2, 0.25) is 0 Å². The van der Waals surface area contributed by atoms with Crippen molar-refractivity contribution >= 4 is 29.9 Å². The molecule has 7 heteroatoms. The highest BCUT2D eigenvalue weighted by atomic mass is 127. The van der Waals surface area contributed by atoms with Crippen molar-refractivity contribution in [3.05, 3.63) is 23.3 Å². The summed E-state index contributed by atoms with van der Waals surface area (Å²) < 4.78 is 16.7. The normalized spacial score (nSPS) is 16.0. The number of aliphatic imine (C=N–C) groups is 1. The van der Waals surface area contributed by atoms with Gasteiger partial charge in [-0.1, -0.05) is 0 Å². The Bertz CT molecular complexity index is 552. The van der Waals surface area contributed by atoms with Gasteiger partial charge in [0, 0.05) is 44.8 Å². The third kappa shape index (κ3) is 5.70. The zero-order valence-electron chi connectivity index (χ0n) is 14.8. The van der Waals surface area contributed by atoms with Crippen LogP contribution in [0.1, 0.15) is 25.0 Å². The van der Waals surface area contributed by atoms with Gasteiger partial charge in [0.05, 0.1) is 13.2 Å². The second-order valence-corrected chi connectivity index (χ2v) is 5.48. The molecule has 0 bridgehead atoms. The molecule has 2 N–H and O–H groups in total. The van der Waals surface area contributed by atoms with Gasteiger partial charge in [-0.25, -0.2) is 0 Å². The molecule has 0 saturated heterocycles. The number of nitrogens with one attached hydrogen (secondary N) is 2. The Morgan fingerprint density at radius 1 is 1.38 bits per heavy atom. The fourth-order valence-corrected chi connectivity index (χ4v) is 2.58. The first-order chi connectivity index (χ1) is 11.2. The maximum Gasteiger partial charge on any atom is 0.191 e. The molecule has 1 aromatic rings. The highest BCUT2D eigenvalue weighted by Crippen LogP contribution is 2.35. The van der Waals surface area contributed by atoms with Gasteiger partial charge in [-0.15, -0.1) is 24.0 Å². The Morgan fingerprint density at radius 2 is 2.17 bits per heavy atom. The van der Waals surface area contributed by atoms with E-state index < -0.39 is 0 Å². The molecule has 2 rings (SSSR count). The molecule has 1 unspecified atom stereocenters. The van der Waals surface area contributed by atoms with Gasteiger partial charge in [-0.2, -0.15) is 0 Å². The molecule has 136 valence electrons. The summed E-state index contributed by atoms with van der Waals surface area (Å²) >= 11 is 0. The van der Waals surface area contributed by atoms with Crippen molar-refractivity contribution in [2.24, 2.45) is 4.99 Å². The van der Waals surface area contributed by atoms with E-state index in [2.05, 4.69) is 34.7 Å². The Hall–Kier alpha value is -1.22. The van der Waals surface area contributed by atoms with Crippen molar-refractivity contribution < 1.29 is 14.2 Å². The predicted octanol–water partition coefficient (Wildman–Crippen LogP) is 2.34. The van der Waals surface area contributed by atoms with Gasteiger partial charge < -0.3 is 24.8 Å².